The lowest BCUT2D eigenvalue weighted by Gasteiger charge is -2.36. The second-order valence-corrected chi connectivity index (χ2v) is 5.64. The zero-order valence-corrected chi connectivity index (χ0v) is 12.6. The fourth-order valence-corrected chi connectivity index (χ4v) is 2.58. The summed E-state index contributed by atoms with van der Waals surface area (Å²) < 4.78 is 0. The minimum Gasteiger partial charge on any atom is -0.395 e. The first-order valence-electron chi connectivity index (χ1n) is 7.40. The molecule has 1 aliphatic heterocycles. The summed E-state index contributed by atoms with van der Waals surface area (Å²) in [4.78, 5) is 16.7. The van der Waals surface area contributed by atoms with Gasteiger partial charge in [0.2, 0.25) is 0 Å². The summed E-state index contributed by atoms with van der Waals surface area (Å²) in [5, 5.41) is 7.00. The van der Waals surface area contributed by atoms with Gasteiger partial charge in [-0.1, -0.05) is 13.3 Å². The van der Waals surface area contributed by atoms with Gasteiger partial charge in [0.15, 0.2) is 5.69 Å². The molecule has 6 nitrogen and oxygen atoms in total. The van der Waals surface area contributed by atoms with E-state index in [0.29, 0.717) is 17.4 Å². The third kappa shape index (κ3) is 2.95. The van der Waals surface area contributed by atoms with Gasteiger partial charge in [0, 0.05) is 32.2 Å². The summed E-state index contributed by atoms with van der Waals surface area (Å²) in [6.07, 6.45) is 1.81. The fraction of sp³-hybridized carbons (Fsp3) is 0.714. The van der Waals surface area contributed by atoms with E-state index < -0.39 is 0 Å². The third-order valence-electron chi connectivity index (χ3n) is 3.92. The number of piperazine rings is 1. The predicted molar refractivity (Wildman–Crippen MR) is 79.6 cm³/mol. The highest BCUT2D eigenvalue weighted by atomic mass is 16.2. The lowest BCUT2D eigenvalue weighted by Crippen LogP contribution is -2.50. The lowest BCUT2D eigenvalue weighted by atomic mass is 10.2. The van der Waals surface area contributed by atoms with Crippen molar-refractivity contribution in [1.29, 1.82) is 0 Å². The highest BCUT2D eigenvalue weighted by Crippen LogP contribution is 2.18. The lowest BCUT2D eigenvalue weighted by molar-refractivity contribution is 0.0591. The van der Waals surface area contributed by atoms with Crippen molar-refractivity contribution in [3.05, 3.63) is 11.4 Å². The van der Waals surface area contributed by atoms with Crippen LogP contribution in [0.5, 0.6) is 0 Å². The molecule has 0 atom stereocenters. The van der Waals surface area contributed by atoms with Gasteiger partial charge in [-0.25, -0.2) is 0 Å². The van der Waals surface area contributed by atoms with Gasteiger partial charge in [-0.3, -0.25) is 14.8 Å². The molecule has 1 aromatic rings. The first kappa shape index (κ1) is 14.8. The molecule has 0 bridgehead atoms. The number of nitrogens with zero attached hydrogens (tertiary/aromatic N) is 3. The second-order valence-electron chi connectivity index (χ2n) is 5.64. The Balaban J connectivity index is 2.02. The molecular weight excluding hydrogens is 254 g/mol. The van der Waals surface area contributed by atoms with Gasteiger partial charge in [0.1, 0.15) is 0 Å². The van der Waals surface area contributed by atoms with E-state index in [1.807, 2.05) is 4.90 Å². The normalized spacial score (nSPS) is 16.9. The topological polar surface area (TPSA) is 78.2 Å². The molecule has 0 aliphatic carbocycles. The molecular formula is C14H25N5O. The standard InChI is InChI=1S/C14H25N5O/c1-4-5-11-12(15)13(17-16-11)14(20)19-8-6-18(7-9-19)10(2)3/h10H,4-9,15H2,1-3H3,(H,16,17). The molecule has 1 saturated heterocycles. The molecule has 0 spiro atoms. The molecule has 2 heterocycles. The number of H-pyrrole nitrogens is 1. The molecule has 0 aromatic carbocycles. The maximum atomic E-state index is 12.5. The smallest absolute Gasteiger partial charge is 0.276 e. The quantitative estimate of drug-likeness (QED) is 0.865. The Morgan fingerprint density at radius 2 is 2.00 bits per heavy atom. The molecule has 2 rings (SSSR count). The number of anilines is 1. The van der Waals surface area contributed by atoms with Crippen molar-refractivity contribution < 1.29 is 4.79 Å². The van der Waals surface area contributed by atoms with Crippen LogP contribution in [-0.4, -0.2) is 58.1 Å². The van der Waals surface area contributed by atoms with Crippen LogP contribution in [-0.2, 0) is 6.42 Å². The van der Waals surface area contributed by atoms with Gasteiger partial charge in [0.05, 0.1) is 11.4 Å². The zero-order chi connectivity index (χ0) is 14.7. The number of carbonyl (C=O) groups is 1. The van der Waals surface area contributed by atoms with Gasteiger partial charge >= 0.3 is 0 Å². The van der Waals surface area contributed by atoms with Crippen molar-refractivity contribution in [2.45, 2.75) is 39.7 Å². The van der Waals surface area contributed by atoms with Gasteiger partial charge in [-0.05, 0) is 20.3 Å². The summed E-state index contributed by atoms with van der Waals surface area (Å²) in [6.45, 7) is 9.75. The van der Waals surface area contributed by atoms with Crippen LogP contribution >= 0.6 is 0 Å². The number of carbonyl (C=O) groups excluding carboxylic acids is 1. The number of aromatic nitrogens is 2. The van der Waals surface area contributed by atoms with Crippen molar-refractivity contribution in [1.82, 2.24) is 20.0 Å². The first-order valence-corrected chi connectivity index (χ1v) is 7.40. The van der Waals surface area contributed by atoms with Crippen LogP contribution in [0.25, 0.3) is 0 Å². The average Bonchev–Trinajstić information content (AvgIpc) is 2.80. The van der Waals surface area contributed by atoms with E-state index in [4.69, 9.17) is 5.73 Å². The number of hydrogen-bond acceptors (Lipinski definition) is 4. The fourth-order valence-electron chi connectivity index (χ4n) is 2.58. The number of nitrogens with two attached hydrogens (primary N) is 1. The van der Waals surface area contributed by atoms with Crippen LogP contribution in [0, 0.1) is 0 Å². The largest absolute Gasteiger partial charge is 0.395 e. The number of aryl methyl sites for hydroxylation is 1. The second kappa shape index (κ2) is 6.26. The third-order valence-corrected chi connectivity index (χ3v) is 3.92. The summed E-state index contributed by atoms with van der Waals surface area (Å²) in [5.41, 5.74) is 7.79. The van der Waals surface area contributed by atoms with Crippen molar-refractivity contribution >= 4 is 11.6 Å². The van der Waals surface area contributed by atoms with Crippen molar-refractivity contribution in [3.63, 3.8) is 0 Å². The Labute approximate surface area is 120 Å². The summed E-state index contributed by atoms with van der Waals surface area (Å²) in [5.74, 6) is -0.0514. The maximum absolute atomic E-state index is 12.5. The van der Waals surface area contributed by atoms with E-state index in [9.17, 15) is 4.79 Å². The molecule has 0 unspecified atom stereocenters. The average molecular weight is 279 g/mol. The predicted octanol–water partition coefficient (Wildman–Crippen LogP) is 1.11. The van der Waals surface area contributed by atoms with Crippen LogP contribution < -0.4 is 5.73 Å². The number of rotatable bonds is 4. The van der Waals surface area contributed by atoms with Gasteiger partial charge in [-0.15, -0.1) is 0 Å². The SMILES string of the molecule is CCCc1[nH]nc(C(=O)N2CCN(C(C)C)CC2)c1N. The molecule has 0 saturated carbocycles. The molecule has 1 fully saturated rings. The van der Waals surface area contributed by atoms with Gasteiger partial charge < -0.3 is 10.6 Å². The molecule has 112 valence electrons. The summed E-state index contributed by atoms with van der Waals surface area (Å²) in [6, 6.07) is 0.527. The van der Waals surface area contributed by atoms with Crippen molar-refractivity contribution in [3.8, 4) is 0 Å². The monoisotopic (exact) mass is 279 g/mol. The number of aromatic amines is 1. The van der Waals surface area contributed by atoms with Crippen LogP contribution in [0.2, 0.25) is 0 Å². The van der Waals surface area contributed by atoms with Crippen molar-refractivity contribution in [2.24, 2.45) is 0 Å². The number of nitrogens with one attached hydrogen (secondary N) is 1. The minimum atomic E-state index is -0.0514. The highest BCUT2D eigenvalue weighted by molar-refractivity contribution is 5.97. The van der Waals surface area contributed by atoms with E-state index in [-0.39, 0.29) is 5.91 Å². The molecule has 20 heavy (non-hydrogen) atoms. The van der Waals surface area contributed by atoms with E-state index in [1.54, 1.807) is 0 Å². The Bertz CT molecular complexity index is 460. The zero-order valence-electron chi connectivity index (χ0n) is 12.6. The van der Waals surface area contributed by atoms with Crippen LogP contribution in [0.1, 0.15) is 43.4 Å². The first-order chi connectivity index (χ1) is 9.54. The molecule has 1 aliphatic rings. The molecule has 1 aromatic heterocycles. The minimum absolute atomic E-state index is 0.0514. The van der Waals surface area contributed by atoms with Crippen molar-refractivity contribution in [2.75, 3.05) is 31.9 Å². The summed E-state index contributed by atoms with van der Waals surface area (Å²) in [7, 11) is 0. The van der Waals surface area contributed by atoms with Crippen LogP contribution in [0.4, 0.5) is 5.69 Å². The van der Waals surface area contributed by atoms with Gasteiger partial charge in [-0.2, -0.15) is 5.10 Å². The van der Waals surface area contributed by atoms with Gasteiger partial charge in [0.25, 0.3) is 5.91 Å². The molecule has 6 heteroatoms. The van der Waals surface area contributed by atoms with E-state index in [1.165, 1.54) is 0 Å². The van der Waals surface area contributed by atoms with Crippen LogP contribution in [0.3, 0.4) is 0 Å². The molecule has 1 amide bonds. The molecule has 3 N–H and O–H groups in total. The number of hydrogen-bond donors (Lipinski definition) is 2. The van der Waals surface area contributed by atoms with Crippen LogP contribution in [0.15, 0.2) is 0 Å². The maximum Gasteiger partial charge on any atom is 0.276 e. The van der Waals surface area contributed by atoms with E-state index in [2.05, 4.69) is 35.9 Å². The summed E-state index contributed by atoms with van der Waals surface area (Å²) >= 11 is 0. The number of amides is 1. The van der Waals surface area contributed by atoms with E-state index in [0.717, 1.165) is 44.7 Å². The molecule has 0 radical (unpaired) electrons. The Kier molecular flexibility index (Phi) is 4.65. The van der Waals surface area contributed by atoms with E-state index >= 15 is 0 Å². The highest BCUT2D eigenvalue weighted by Gasteiger charge is 2.26. The Morgan fingerprint density at radius 1 is 1.35 bits per heavy atom. The Morgan fingerprint density at radius 3 is 2.55 bits per heavy atom. The number of nitrogen functional groups attached to an aromatic ring is 1. The Hall–Kier alpha value is -1.56.